The lowest BCUT2D eigenvalue weighted by molar-refractivity contribution is -0.127. The molecule has 0 spiro atoms. The second kappa shape index (κ2) is 9.48. The third-order valence-electron chi connectivity index (χ3n) is 6.01. The molecule has 3 rings (SSSR count). The highest BCUT2D eigenvalue weighted by Crippen LogP contribution is 2.25. The minimum absolute atomic E-state index is 0.108. The Kier molecular flexibility index (Phi) is 7.04. The molecule has 0 aromatic rings. The first kappa shape index (κ1) is 20.0. The van der Waals surface area contributed by atoms with Gasteiger partial charge >= 0.3 is 0 Å². The fraction of sp³-hybridized carbons (Fsp3) is 0.895. The molecule has 2 aliphatic heterocycles. The van der Waals surface area contributed by atoms with Crippen molar-refractivity contribution in [3.8, 4) is 0 Å². The second-order valence-corrected chi connectivity index (χ2v) is 8.45. The molecule has 1 aliphatic carbocycles. The molecule has 0 unspecified atom stereocenters. The highest BCUT2D eigenvalue weighted by molar-refractivity contribution is 5.83. The Balaban J connectivity index is 1.55. The van der Waals surface area contributed by atoms with Crippen LogP contribution in [0.15, 0.2) is 15.5 Å². The molecule has 3 aliphatic rings. The second-order valence-electron chi connectivity index (χ2n) is 8.45. The number of aliphatic hydroxyl groups excluding tert-OH is 1. The number of nitrogens with one attached hydrogen (secondary N) is 1. The molecule has 0 bridgehead atoms. The number of carbonyl (C=O) groups is 1. The van der Waals surface area contributed by atoms with E-state index in [2.05, 4.69) is 32.7 Å². The van der Waals surface area contributed by atoms with Crippen LogP contribution in [0.1, 0.15) is 58.3 Å². The summed E-state index contributed by atoms with van der Waals surface area (Å²) in [4.78, 5) is 14.7. The largest absolute Gasteiger partial charge is 0.389 e. The summed E-state index contributed by atoms with van der Waals surface area (Å²) in [5, 5.41) is 28.0. The number of hydrogen-bond donors (Lipinski definition) is 2. The van der Waals surface area contributed by atoms with Crippen molar-refractivity contribution in [2.45, 2.75) is 70.4 Å². The topological polar surface area (TPSA) is 92.9 Å². The molecule has 2 heterocycles. The van der Waals surface area contributed by atoms with Crippen molar-refractivity contribution in [3.63, 3.8) is 0 Å². The van der Waals surface area contributed by atoms with Crippen LogP contribution in [0.5, 0.6) is 0 Å². The van der Waals surface area contributed by atoms with Crippen LogP contribution in [0.25, 0.3) is 0 Å². The van der Waals surface area contributed by atoms with Gasteiger partial charge in [-0.25, -0.2) is 0 Å². The van der Waals surface area contributed by atoms with E-state index in [1.165, 1.54) is 6.42 Å². The van der Waals surface area contributed by atoms with Crippen molar-refractivity contribution in [1.82, 2.24) is 15.2 Å². The zero-order chi connectivity index (χ0) is 19.2. The summed E-state index contributed by atoms with van der Waals surface area (Å²) in [6.07, 6.45) is 7.58. The van der Waals surface area contributed by atoms with Gasteiger partial charge in [-0.2, -0.15) is 0 Å². The Hall–Kier alpha value is -1.70. The van der Waals surface area contributed by atoms with Crippen molar-refractivity contribution < 1.29 is 9.90 Å². The molecule has 8 heteroatoms. The maximum atomic E-state index is 12.6. The number of likely N-dealkylation sites (tertiary alicyclic amines) is 1. The van der Waals surface area contributed by atoms with Crippen molar-refractivity contribution in [2.75, 3.05) is 26.7 Å². The van der Waals surface area contributed by atoms with Crippen LogP contribution in [0.2, 0.25) is 0 Å². The van der Waals surface area contributed by atoms with Gasteiger partial charge in [-0.05, 0) is 36.8 Å². The summed E-state index contributed by atoms with van der Waals surface area (Å²) in [6.45, 7) is 4.20. The van der Waals surface area contributed by atoms with Gasteiger partial charge in [-0.1, -0.05) is 31.4 Å². The van der Waals surface area contributed by atoms with E-state index < -0.39 is 6.10 Å². The molecule has 1 amide bonds. The van der Waals surface area contributed by atoms with E-state index in [1.54, 1.807) is 5.01 Å². The highest BCUT2D eigenvalue weighted by Gasteiger charge is 2.32. The Bertz CT molecular complexity index is 560. The number of nitrogens with zero attached hydrogens (tertiary/aromatic N) is 5. The molecule has 0 radical (unpaired) electrons. The fourth-order valence-electron chi connectivity index (χ4n) is 4.38. The average molecular weight is 379 g/mol. The SMILES string of the molecule is C[C@H]1C[C@H](NC(=O)C2CCCCC2)[C@@H](O)CN(/N=N/N=C2\CCCN2C)C1. The summed E-state index contributed by atoms with van der Waals surface area (Å²) in [7, 11) is 2.01. The lowest BCUT2D eigenvalue weighted by atomic mass is 9.88. The molecular weight excluding hydrogens is 344 g/mol. The molecule has 1 saturated carbocycles. The Morgan fingerprint density at radius 1 is 1.19 bits per heavy atom. The minimum atomic E-state index is -0.650. The van der Waals surface area contributed by atoms with Gasteiger partial charge in [0.25, 0.3) is 0 Å². The molecule has 0 aromatic heterocycles. The lowest BCUT2D eigenvalue weighted by Gasteiger charge is -2.27. The maximum Gasteiger partial charge on any atom is 0.223 e. The van der Waals surface area contributed by atoms with Crippen LogP contribution in [-0.4, -0.2) is 65.6 Å². The van der Waals surface area contributed by atoms with E-state index >= 15 is 0 Å². The summed E-state index contributed by atoms with van der Waals surface area (Å²) in [6, 6.07) is -0.220. The van der Waals surface area contributed by atoms with Crippen LogP contribution in [0.4, 0.5) is 0 Å². The van der Waals surface area contributed by atoms with Gasteiger partial charge in [0, 0.05) is 32.5 Å². The number of β-amino-alcohol motifs (C(OH)–C–C–N with tert-alkyl or cyclic N) is 1. The third kappa shape index (κ3) is 5.64. The van der Waals surface area contributed by atoms with Crippen molar-refractivity contribution >= 4 is 11.7 Å². The summed E-state index contributed by atoms with van der Waals surface area (Å²) >= 11 is 0. The van der Waals surface area contributed by atoms with Crippen LogP contribution in [0, 0.1) is 11.8 Å². The maximum absolute atomic E-state index is 12.6. The highest BCUT2D eigenvalue weighted by atomic mass is 16.3. The van der Waals surface area contributed by atoms with Crippen LogP contribution in [-0.2, 0) is 4.79 Å². The standard InChI is InChI=1S/C19H34N6O2/c1-14-11-16(20-19(27)15-7-4-3-5-8-15)17(26)13-25(12-14)23-22-21-18-9-6-10-24(18)2/h14-17,26H,3-13H2,1-2H3,(H,20,27)/b21-18+,23-22+/t14-,16-,17-/m0/s1. The van der Waals surface area contributed by atoms with Gasteiger partial charge in [0.2, 0.25) is 5.91 Å². The Labute approximate surface area is 162 Å². The predicted molar refractivity (Wildman–Crippen MR) is 104 cm³/mol. The molecule has 3 fully saturated rings. The van der Waals surface area contributed by atoms with E-state index in [4.69, 9.17) is 0 Å². The smallest absolute Gasteiger partial charge is 0.223 e. The zero-order valence-corrected chi connectivity index (χ0v) is 16.7. The lowest BCUT2D eigenvalue weighted by Crippen LogP contribution is -2.48. The molecule has 27 heavy (non-hydrogen) atoms. The van der Waals surface area contributed by atoms with Crippen molar-refractivity contribution in [3.05, 3.63) is 0 Å². The molecular formula is C19H34N6O2. The third-order valence-corrected chi connectivity index (χ3v) is 6.01. The number of aliphatic hydroxyl groups is 1. The Morgan fingerprint density at radius 2 is 1.96 bits per heavy atom. The number of hydrogen-bond acceptors (Lipinski definition) is 4. The van der Waals surface area contributed by atoms with E-state index in [1.807, 2.05) is 7.05 Å². The first-order valence-electron chi connectivity index (χ1n) is 10.4. The molecule has 3 atom stereocenters. The summed E-state index contributed by atoms with van der Waals surface area (Å²) in [5.41, 5.74) is 0. The van der Waals surface area contributed by atoms with Gasteiger partial charge < -0.3 is 15.3 Å². The number of amides is 1. The molecule has 152 valence electrons. The first-order valence-corrected chi connectivity index (χ1v) is 10.4. The van der Waals surface area contributed by atoms with Crippen molar-refractivity contribution in [1.29, 1.82) is 0 Å². The van der Waals surface area contributed by atoms with Crippen LogP contribution >= 0.6 is 0 Å². The number of amidine groups is 1. The van der Waals surface area contributed by atoms with Gasteiger partial charge in [-0.15, -0.1) is 5.10 Å². The normalized spacial score (nSPS) is 32.3. The van der Waals surface area contributed by atoms with E-state index in [0.29, 0.717) is 19.0 Å². The van der Waals surface area contributed by atoms with Gasteiger partial charge in [-0.3, -0.25) is 9.80 Å². The zero-order valence-electron chi connectivity index (χ0n) is 16.7. The van der Waals surface area contributed by atoms with E-state index in [9.17, 15) is 9.90 Å². The van der Waals surface area contributed by atoms with Gasteiger partial charge in [0.15, 0.2) is 0 Å². The van der Waals surface area contributed by atoms with E-state index in [0.717, 1.165) is 57.3 Å². The fourth-order valence-corrected chi connectivity index (χ4v) is 4.38. The molecule has 2 saturated heterocycles. The molecule has 8 nitrogen and oxygen atoms in total. The van der Waals surface area contributed by atoms with E-state index in [-0.39, 0.29) is 17.9 Å². The minimum Gasteiger partial charge on any atom is -0.389 e. The first-order chi connectivity index (χ1) is 13.0. The predicted octanol–water partition coefficient (Wildman–Crippen LogP) is 2.16. The van der Waals surface area contributed by atoms with Crippen LogP contribution in [0.3, 0.4) is 0 Å². The molecule has 0 aromatic carbocycles. The van der Waals surface area contributed by atoms with Gasteiger partial charge in [0.1, 0.15) is 5.84 Å². The summed E-state index contributed by atoms with van der Waals surface area (Å²) in [5.74, 6) is 1.48. The average Bonchev–Trinajstić information content (AvgIpc) is 3.00. The number of rotatable bonds is 4. The number of carbonyl (C=O) groups excluding carboxylic acids is 1. The Morgan fingerprint density at radius 3 is 2.67 bits per heavy atom. The van der Waals surface area contributed by atoms with Crippen LogP contribution < -0.4 is 5.32 Å². The molecule has 2 N–H and O–H groups in total. The summed E-state index contributed by atoms with van der Waals surface area (Å²) < 4.78 is 0. The monoisotopic (exact) mass is 378 g/mol. The quantitative estimate of drug-likeness (QED) is 0.579. The van der Waals surface area contributed by atoms with Crippen molar-refractivity contribution in [2.24, 2.45) is 27.4 Å². The van der Waals surface area contributed by atoms with Gasteiger partial charge in [0.05, 0.1) is 18.7 Å².